The van der Waals surface area contributed by atoms with Gasteiger partial charge in [0, 0.05) is 17.8 Å². The summed E-state index contributed by atoms with van der Waals surface area (Å²) in [5.74, 6) is 0.550. The Bertz CT molecular complexity index is 528. The number of aromatic nitrogens is 4. The molecule has 2 aromatic rings. The van der Waals surface area contributed by atoms with Crippen LogP contribution in [0.5, 0.6) is 0 Å². The molecule has 0 aliphatic carbocycles. The van der Waals surface area contributed by atoms with E-state index < -0.39 is 6.10 Å². The molecule has 7 nitrogen and oxygen atoms in total. The van der Waals surface area contributed by atoms with Crippen LogP contribution in [0.3, 0.4) is 0 Å². The smallest absolute Gasteiger partial charge is 0.262 e. The van der Waals surface area contributed by atoms with Crippen LogP contribution in [0, 0.1) is 0 Å². The number of carbonyl (C=O) groups excluding carboxylic acids is 1. The fourth-order valence-electron chi connectivity index (χ4n) is 1.92. The summed E-state index contributed by atoms with van der Waals surface area (Å²) < 4.78 is 5.51. The van der Waals surface area contributed by atoms with Crippen molar-refractivity contribution < 1.29 is 9.53 Å². The molecule has 2 aromatic heterocycles. The van der Waals surface area contributed by atoms with Crippen LogP contribution >= 0.6 is 0 Å². The van der Waals surface area contributed by atoms with Crippen LogP contribution in [0.2, 0.25) is 0 Å². The summed E-state index contributed by atoms with van der Waals surface area (Å²) in [5.41, 5.74) is 0.708. The Hall–Kier alpha value is -2.28. The monoisotopic (exact) mass is 245 g/mol. The molecule has 0 saturated carbocycles. The Balaban J connectivity index is 1.88. The molecule has 1 fully saturated rings. The van der Waals surface area contributed by atoms with Crippen molar-refractivity contribution in [3.63, 3.8) is 0 Å². The molecule has 1 aliphatic rings. The van der Waals surface area contributed by atoms with Crippen molar-refractivity contribution in [2.75, 3.05) is 18.1 Å². The fraction of sp³-hybridized carbons (Fsp3) is 0.273. The summed E-state index contributed by atoms with van der Waals surface area (Å²) in [6.07, 6.45) is 4.07. The number of carbonyl (C=O) groups is 1. The van der Waals surface area contributed by atoms with Crippen molar-refractivity contribution in [2.45, 2.75) is 6.10 Å². The first kappa shape index (κ1) is 10.8. The highest BCUT2D eigenvalue weighted by Gasteiger charge is 2.32. The largest absolute Gasteiger partial charge is 0.362 e. The lowest BCUT2D eigenvalue weighted by molar-refractivity contribution is -0.134. The molecular weight excluding hydrogens is 234 g/mol. The van der Waals surface area contributed by atoms with Gasteiger partial charge in [-0.1, -0.05) is 0 Å². The van der Waals surface area contributed by atoms with Crippen molar-refractivity contribution in [1.29, 1.82) is 0 Å². The van der Waals surface area contributed by atoms with Gasteiger partial charge in [-0.05, 0) is 6.07 Å². The predicted molar refractivity (Wildman–Crippen MR) is 61.7 cm³/mol. The maximum absolute atomic E-state index is 12.3. The summed E-state index contributed by atoms with van der Waals surface area (Å²) in [7, 11) is 0. The number of rotatable bonds is 2. The molecule has 1 saturated heterocycles. The summed E-state index contributed by atoms with van der Waals surface area (Å²) in [4.78, 5) is 14.0. The van der Waals surface area contributed by atoms with Crippen LogP contribution < -0.4 is 4.90 Å². The first-order valence-electron chi connectivity index (χ1n) is 5.55. The average Bonchev–Trinajstić information content (AvgIpc) is 2.94. The number of amides is 1. The van der Waals surface area contributed by atoms with E-state index in [0.29, 0.717) is 24.5 Å². The number of aromatic amines is 1. The van der Waals surface area contributed by atoms with Crippen LogP contribution in [0.25, 0.3) is 0 Å². The van der Waals surface area contributed by atoms with E-state index in [1.807, 2.05) is 0 Å². The molecule has 0 aromatic carbocycles. The molecule has 1 N–H and O–H groups in total. The highest BCUT2D eigenvalue weighted by Crippen LogP contribution is 2.25. The molecule has 18 heavy (non-hydrogen) atoms. The van der Waals surface area contributed by atoms with E-state index in [4.69, 9.17) is 4.74 Å². The van der Waals surface area contributed by atoms with E-state index in [0.717, 1.165) is 0 Å². The number of hydrogen-bond donors (Lipinski definition) is 1. The lowest BCUT2D eigenvalue weighted by Gasteiger charge is -2.31. The van der Waals surface area contributed by atoms with Gasteiger partial charge in [0.2, 0.25) is 0 Å². The molecule has 0 radical (unpaired) electrons. The van der Waals surface area contributed by atoms with Crippen LogP contribution in [0.1, 0.15) is 11.7 Å². The lowest BCUT2D eigenvalue weighted by atomic mass is 10.1. The zero-order valence-corrected chi connectivity index (χ0v) is 9.48. The highest BCUT2D eigenvalue weighted by atomic mass is 16.5. The molecule has 1 atom stereocenters. The summed E-state index contributed by atoms with van der Waals surface area (Å²) in [6, 6.07) is 3.48. The minimum absolute atomic E-state index is 0.126. The molecule has 3 heterocycles. The maximum Gasteiger partial charge on any atom is 0.262 e. The average molecular weight is 245 g/mol. The zero-order valence-electron chi connectivity index (χ0n) is 9.48. The zero-order chi connectivity index (χ0) is 12.4. The number of anilines is 1. The Kier molecular flexibility index (Phi) is 2.73. The molecular formula is C11H11N5O2. The normalized spacial score (nSPS) is 20.1. The number of H-pyrrole nitrogens is 1. The standard InChI is InChI=1S/C11H11N5O2/c17-11-10(8-1-3-12-14-7-8)18-6-5-16(11)9-2-4-13-15-9/h1-4,7,10H,5-6H2,(H,13,15). The van der Waals surface area contributed by atoms with Gasteiger partial charge in [0.25, 0.3) is 5.91 Å². The first-order chi connectivity index (χ1) is 8.86. The Morgan fingerprint density at radius 2 is 2.28 bits per heavy atom. The van der Waals surface area contributed by atoms with Gasteiger partial charge in [0.05, 0.1) is 25.5 Å². The Labute approximate surface area is 103 Å². The molecule has 7 heteroatoms. The number of nitrogens with one attached hydrogen (secondary N) is 1. The van der Waals surface area contributed by atoms with Crippen molar-refractivity contribution >= 4 is 11.7 Å². The maximum atomic E-state index is 12.3. The molecule has 1 unspecified atom stereocenters. The van der Waals surface area contributed by atoms with Gasteiger partial charge >= 0.3 is 0 Å². The van der Waals surface area contributed by atoms with Gasteiger partial charge in [0.1, 0.15) is 5.82 Å². The highest BCUT2D eigenvalue weighted by molar-refractivity contribution is 5.96. The quantitative estimate of drug-likeness (QED) is 0.822. The third-order valence-corrected chi connectivity index (χ3v) is 2.78. The van der Waals surface area contributed by atoms with Gasteiger partial charge in [-0.15, -0.1) is 0 Å². The summed E-state index contributed by atoms with van der Waals surface area (Å²) >= 11 is 0. The van der Waals surface area contributed by atoms with Crippen molar-refractivity contribution in [3.05, 3.63) is 36.3 Å². The number of ether oxygens (including phenoxy) is 1. The van der Waals surface area contributed by atoms with E-state index in [1.54, 1.807) is 35.6 Å². The van der Waals surface area contributed by atoms with Crippen LogP contribution in [-0.2, 0) is 9.53 Å². The molecule has 0 spiro atoms. The lowest BCUT2D eigenvalue weighted by Crippen LogP contribution is -2.43. The topological polar surface area (TPSA) is 84.0 Å². The van der Waals surface area contributed by atoms with E-state index in [-0.39, 0.29) is 5.91 Å². The second kappa shape index (κ2) is 4.53. The van der Waals surface area contributed by atoms with Crippen LogP contribution in [-0.4, -0.2) is 39.5 Å². The van der Waals surface area contributed by atoms with Gasteiger partial charge < -0.3 is 4.74 Å². The molecule has 3 rings (SSSR count). The number of hydrogen-bond acceptors (Lipinski definition) is 5. The van der Waals surface area contributed by atoms with E-state index in [9.17, 15) is 4.79 Å². The van der Waals surface area contributed by atoms with E-state index >= 15 is 0 Å². The molecule has 0 bridgehead atoms. The van der Waals surface area contributed by atoms with E-state index in [2.05, 4.69) is 20.4 Å². The number of nitrogens with zero attached hydrogens (tertiary/aromatic N) is 4. The number of morpholine rings is 1. The second-order valence-corrected chi connectivity index (χ2v) is 3.86. The van der Waals surface area contributed by atoms with Crippen molar-refractivity contribution in [2.24, 2.45) is 0 Å². The summed E-state index contributed by atoms with van der Waals surface area (Å²) in [5, 5.41) is 14.1. The van der Waals surface area contributed by atoms with Crippen molar-refractivity contribution in [3.8, 4) is 0 Å². The second-order valence-electron chi connectivity index (χ2n) is 3.86. The van der Waals surface area contributed by atoms with Gasteiger partial charge in [-0.2, -0.15) is 15.3 Å². The van der Waals surface area contributed by atoms with E-state index in [1.165, 1.54) is 0 Å². The minimum Gasteiger partial charge on any atom is -0.362 e. The van der Waals surface area contributed by atoms with Crippen LogP contribution in [0.4, 0.5) is 5.82 Å². The van der Waals surface area contributed by atoms with Crippen molar-refractivity contribution in [1.82, 2.24) is 20.4 Å². The van der Waals surface area contributed by atoms with Crippen LogP contribution in [0.15, 0.2) is 30.7 Å². The van der Waals surface area contributed by atoms with Gasteiger partial charge in [0.15, 0.2) is 6.10 Å². The first-order valence-corrected chi connectivity index (χ1v) is 5.55. The Morgan fingerprint density at radius 3 is 3.00 bits per heavy atom. The minimum atomic E-state index is -0.627. The third-order valence-electron chi connectivity index (χ3n) is 2.78. The molecule has 1 aliphatic heterocycles. The fourth-order valence-corrected chi connectivity index (χ4v) is 1.92. The van der Waals surface area contributed by atoms with Gasteiger partial charge in [-0.3, -0.25) is 14.8 Å². The third kappa shape index (κ3) is 1.84. The SMILES string of the molecule is O=C1C(c2ccnnc2)OCCN1c1ccn[nH]1. The summed E-state index contributed by atoms with van der Waals surface area (Å²) in [6.45, 7) is 0.980. The predicted octanol–water partition coefficient (Wildman–Crippen LogP) is 0.304. The Morgan fingerprint density at radius 1 is 1.33 bits per heavy atom. The molecule has 1 amide bonds. The molecule has 92 valence electrons. The van der Waals surface area contributed by atoms with Gasteiger partial charge in [-0.25, -0.2) is 0 Å².